The quantitative estimate of drug-likeness (QED) is 0.620. The molecule has 128 valence electrons. The van der Waals surface area contributed by atoms with E-state index in [1.807, 2.05) is 4.83 Å². The van der Waals surface area contributed by atoms with Crippen LogP contribution in [0.5, 0.6) is 11.5 Å². The van der Waals surface area contributed by atoms with Crippen molar-refractivity contribution < 1.29 is 22.7 Å². The van der Waals surface area contributed by atoms with E-state index in [0.717, 1.165) is 0 Å². The van der Waals surface area contributed by atoms with Gasteiger partial charge in [0.1, 0.15) is 22.8 Å². The molecule has 0 atom stereocenters. The predicted molar refractivity (Wildman–Crippen MR) is 86.9 cm³/mol. The molecule has 1 heterocycles. The summed E-state index contributed by atoms with van der Waals surface area (Å²) >= 11 is 0. The first-order valence-electron chi connectivity index (χ1n) is 6.79. The Morgan fingerprint density at radius 2 is 1.92 bits per heavy atom. The molecular weight excluding hydrogens is 336 g/mol. The summed E-state index contributed by atoms with van der Waals surface area (Å²) in [6.07, 6.45) is 0. The zero-order valence-corrected chi connectivity index (χ0v) is 14.0. The number of aromatic hydroxyl groups is 1. The largest absolute Gasteiger partial charge is 0.507 e. The third kappa shape index (κ3) is 3.74. The number of benzene rings is 1. The first-order valence-corrected chi connectivity index (χ1v) is 8.27. The van der Waals surface area contributed by atoms with E-state index in [2.05, 4.69) is 5.10 Å². The van der Waals surface area contributed by atoms with Crippen LogP contribution >= 0.6 is 0 Å². The van der Waals surface area contributed by atoms with E-state index < -0.39 is 15.6 Å². The number of methoxy groups -OCH3 is 1. The third-order valence-corrected chi connectivity index (χ3v) is 4.34. The molecule has 0 amide bonds. The summed E-state index contributed by atoms with van der Waals surface area (Å²) in [6.45, 7) is 2.88. The molecule has 0 saturated heterocycles. The highest BCUT2D eigenvalue weighted by Crippen LogP contribution is 2.17. The zero-order valence-electron chi connectivity index (χ0n) is 13.2. The Morgan fingerprint density at radius 3 is 2.46 bits per heavy atom. The van der Waals surface area contributed by atoms with Gasteiger partial charge in [0.15, 0.2) is 0 Å². The van der Waals surface area contributed by atoms with Crippen LogP contribution in [0.2, 0.25) is 0 Å². The number of rotatable bonds is 5. The van der Waals surface area contributed by atoms with Gasteiger partial charge < -0.3 is 14.3 Å². The fourth-order valence-electron chi connectivity index (χ4n) is 1.92. The SMILES string of the molecule is COc1ccc(S(=O)(=O)N/N=C(\C)c2c(O)cc(C)oc2=O)cc1. The summed E-state index contributed by atoms with van der Waals surface area (Å²) in [6, 6.07) is 6.93. The second-order valence-corrected chi connectivity index (χ2v) is 6.53. The molecule has 0 unspecified atom stereocenters. The van der Waals surface area contributed by atoms with Crippen LogP contribution in [0.4, 0.5) is 0 Å². The highest BCUT2D eigenvalue weighted by Gasteiger charge is 2.16. The van der Waals surface area contributed by atoms with Crippen molar-refractivity contribution >= 4 is 15.7 Å². The van der Waals surface area contributed by atoms with E-state index >= 15 is 0 Å². The molecule has 24 heavy (non-hydrogen) atoms. The van der Waals surface area contributed by atoms with Crippen LogP contribution in [-0.4, -0.2) is 26.3 Å². The van der Waals surface area contributed by atoms with Gasteiger partial charge in [-0.05, 0) is 38.1 Å². The van der Waals surface area contributed by atoms with Gasteiger partial charge in [-0.3, -0.25) is 0 Å². The number of ether oxygens (including phenoxy) is 1. The molecule has 9 heteroatoms. The zero-order chi connectivity index (χ0) is 17.9. The minimum absolute atomic E-state index is 0.0278. The third-order valence-electron chi connectivity index (χ3n) is 3.12. The van der Waals surface area contributed by atoms with Crippen LogP contribution in [0.1, 0.15) is 18.2 Å². The first kappa shape index (κ1) is 17.5. The Hall–Kier alpha value is -2.81. The van der Waals surface area contributed by atoms with Gasteiger partial charge in [-0.25, -0.2) is 4.79 Å². The molecule has 2 aromatic rings. The Balaban J connectivity index is 2.30. The van der Waals surface area contributed by atoms with E-state index in [4.69, 9.17) is 9.15 Å². The van der Waals surface area contributed by atoms with E-state index in [1.54, 1.807) is 0 Å². The minimum atomic E-state index is -3.93. The van der Waals surface area contributed by atoms with E-state index in [1.165, 1.54) is 51.3 Å². The molecule has 0 aliphatic heterocycles. The molecule has 0 spiro atoms. The standard InChI is InChI=1S/C15H16N2O6S/c1-9-8-13(18)14(15(19)23-9)10(2)16-17-24(20,21)12-6-4-11(22-3)5-7-12/h4-8,17-18H,1-3H3/b16-10+. The summed E-state index contributed by atoms with van der Waals surface area (Å²) < 4.78 is 34.2. The highest BCUT2D eigenvalue weighted by molar-refractivity contribution is 7.89. The lowest BCUT2D eigenvalue weighted by Gasteiger charge is -2.07. The number of aryl methyl sites for hydroxylation is 1. The van der Waals surface area contributed by atoms with Gasteiger partial charge in [-0.15, -0.1) is 0 Å². The Bertz CT molecular complexity index is 929. The van der Waals surface area contributed by atoms with Crippen molar-refractivity contribution in [1.29, 1.82) is 0 Å². The van der Waals surface area contributed by atoms with Crippen molar-refractivity contribution in [3.8, 4) is 11.5 Å². The number of sulfonamides is 1. The lowest BCUT2D eigenvalue weighted by Crippen LogP contribution is -2.22. The molecule has 8 nitrogen and oxygen atoms in total. The van der Waals surface area contributed by atoms with Crippen molar-refractivity contribution in [3.05, 3.63) is 52.1 Å². The minimum Gasteiger partial charge on any atom is -0.507 e. The fraction of sp³-hybridized carbons (Fsp3) is 0.200. The molecule has 2 rings (SSSR count). The average Bonchev–Trinajstić information content (AvgIpc) is 2.52. The van der Waals surface area contributed by atoms with Gasteiger partial charge in [0.2, 0.25) is 0 Å². The highest BCUT2D eigenvalue weighted by atomic mass is 32.2. The summed E-state index contributed by atoms with van der Waals surface area (Å²) in [5.74, 6) is 0.400. The van der Waals surface area contributed by atoms with Gasteiger partial charge in [0.05, 0.1) is 17.7 Å². The topological polar surface area (TPSA) is 118 Å². The molecular formula is C15H16N2O6S. The number of nitrogens with zero attached hydrogens (tertiary/aromatic N) is 1. The van der Waals surface area contributed by atoms with Crippen LogP contribution in [-0.2, 0) is 10.0 Å². The molecule has 1 aromatic heterocycles. The second-order valence-electron chi connectivity index (χ2n) is 4.87. The summed E-state index contributed by atoms with van der Waals surface area (Å²) in [4.78, 5) is 13.7. The lowest BCUT2D eigenvalue weighted by molar-refractivity contribution is 0.414. The number of hydrogen-bond acceptors (Lipinski definition) is 7. The molecule has 0 bridgehead atoms. The predicted octanol–water partition coefficient (Wildman–Crippen LogP) is 1.36. The van der Waals surface area contributed by atoms with Gasteiger partial charge in [-0.1, -0.05) is 0 Å². The summed E-state index contributed by atoms with van der Waals surface area (Å²) in [7, 11) is -2.46. The molecule has 0 saturated carbocycles. The maximum atomic E-state index is 12.2. The van der Waals surface area contributed by atoms with Crippen LogP contribution < -0.4 is 15.2 Å². The average molecular weight is 352 g/mol. The van der Waals surface area contributed by atoms with Crippen molar-refractivity contribution in [2.24, 2.45) is 5.10 Å². The number of nitrogens with one attached hydrogen (secondary N) is 1. The van der Waals surface area contributed by atoms with Crippen LogP contribution in [0.25, 0.3) is 0 Å². The molecule has 0 fully saturated rings. The Morgan fingerprint density at radius 1 is 1.29 bits per heavy atom. The van der Waals surface area contributed by atoms with Gasteiger partial charge in [0, 0.05) is 6.07 Å². The molecule has 2 N–H and O–H groups in total. The van der Waals surface area contributed by atoms with Crippen molar-refractivity contribution in [3.63, 3.8) is 0 Å². The molecule has 0 aliphatic rings. The van der Waals surface area contributed by atoms with Gasteiger partial charge >= 0.3 is 5.63 Å². The van der Waals surface area contributed by atoms with Crippen molar-refractivity contribution in [2.75, 3.05) is 7.11 Å². The lowest BCUT2D eigenvalue weighted by atomic mass is 10.2. The fourth-order valence-corrected chi connectivity index (χ4v) is 2.78. The summed E-state index contributed by atoms with van der Waals surface area (Å²) in [5, 5.41) is 13.5. The smallest absolute Gasteiger partial charge is 0.348 e. The summed E-state index contributed by atoms with van der Waals surface area (Å²) in [5.41, 5.74) is -1.05. The van der Waals surface area contributed by atoms with Crippen molar-refractivity contribution in [1.82, 2.24) is 4.83 Å². The first-order chi connectivity index (χ1) is 11.2. The Kier molecular flexibility index (Phi) is 4.93. The maximum absolute atomic E-state index is 12.2. The van der Waals surface area contributed by atoms with Crippen molar-refractivity contribution in [2.45, 2.75) is 18.7 Å². The maximum Gasteiger partial charge on any atom is 0.348 e. The normalized spacial score (nSPS) is 12.0. The van der Waals surface area contributed by atoms with E-state index in [9.17, 15) is 18.3 Å². The van der Waals surface area contributed by atoms with Gasteiger partial charge in [-0.2, -0.15) is 18.4 Å². The van der Waals surface area contributed by atoms with Gasteiger partial charge in [0.25, 0.3) is 10.0 Å². The monoisotopic (exact) mass is 352 g/mol. The number of hydrazone groups is 1. The molecule has 0 aliphatic carbocycles. The Labute approximate surface area is 138 Å². The van der Waals surface area contributed by atoms with Crippen LogP contribution in [0.15, 0.2) is 49.5 Å². The van der Waals surface area contributed by atoms with Crippen LogP contribution in [0.3, 0.4) is 0 Å². The van der Waals surface area contributed by atoms with E-state index in [0.29, 0.717) is 5.75 Å². The molecule has 0 radical (unpaired) electrons. The second kappa shape index (κ2) is 6.75. The van der Waals surface area contributed by atoms with E-state index in [-0.39, 0.29) is 27.7 Å². The molecule has 1 aromatic carbocycles. The van der Waals surface area contributed by atoms with Crippen LogP contribution in [0, 0.1) is 6.92 Å². The number of hydrogen-bond donors (Lipinski definition) is 2.